The molecule has 0 radical (unpaired) electrons. The van der Waals surface area contributed by atoms with Gasteiger partial charge < -0.3 is 11.1 Å². The van der Waals surface area contributed by atoms with Crippen LogP contribution in [0.15, 0.2) is 0 Å². The third-order valence-corrected chi connectivity index (χ3v) is 2.76. The smallest absolute Gasteiger partial charge is 0.236 e. The molecule has 6 nitrogen and oxygen atoms in total. The molecule has 1 aromatic heterocycles. The summed E-state index contributed by atoms with van der Waals surface area (Å²) in [4.78, 5) is 15.8. The predicted molar refractivity (Wildman–Crippen MR) is 70.1 cm³/mol. The summed E-state index contributed by atoms with van der Waals surface area (Å²) in [5.74, 6) is 1.36. The molecule has 0 fully saturated rings. The van der Waals surface area contributed by atoms with E-state index in [1.807, 2.05) is 20.8 Å². The van der Waals surface area contributed by atoms with E-state index in [0.29, 0.717) is 6.54 Å². The Morgan fingerprint density at radius 1 is 1.39 bits per heavy atom. The number of nitrogens with zero attached hydrogens (tertiary/aromatic N) is 3. The van der Waals surface area contributed by atoms with Crippen LogP contribution in [0.1, 0.15) is 38.8 Å². The summed E-state index contributed by atoms with van der Waals surface area (Å²) in [5.41, 5.74) is 5.39. The van der Waals surface area contributed by atoms with Crippen molar-refractivity contribution in [3.63, 3.8) is 0 Å². The van der Waals surface area contributed by atoms with Crippen molar-refractivity contribution in [2.24, 2.45) is 5.73 Å². The molecule has 102 valence electrons. The topological polar surface area (TPSA) is 85.8 Å². The minimum Gasteiger partial charge on any atom is -0.368 e. The lowest BCUT2D eigenvalue weighted by molar-refractivity contribution is -0.120. The molecule has 18 heavy (non-hydrogen) atoms. The van der Waals surface area contributed by atoms with Gasteiger partial charge in [0.2, 0.25) is 5.91 Å². The van der Waals surface area contributed by atoms with E-state index in [1.165, 1.54) is 0 Å². The zero-order valence-corrected chi connectivity index (χ0v) is 11.4. The second-order valence-corrected chi connectivity index (χ2v) is 4.24. The number of carbonyl (C=O) groups is 1. The van der Waals surface area contributed by atoms with Crippen LogP contribution in [0.2, 0.25) is 0 Å². The summed E-state index contributed by atoms with van der Waals surface area (Å²) in [6.45, 7) is 7.31. The normalized spacial score (nSPS) is 12.6. The van der Waals surface area contributed by atoms with E-state index in [-0.39, 0.29) is 11.9 Å². The highest BCUT2D eigenvalue weighted by Gasteiger charge is 2.17. The van der Waals surface area contributed by atoms with Crippen LogP contribution in [0.3, 0.4) is 0 Å². The maximum absolute atomic E-state index is 11.4. The van der Waals surface area contributed by atoms with Crippen LogP contribution in [-0.4, -0.2) is 33.3 Å². The van der Waals surface area contributed by atoms with Crippen LogP contribution in [0.25, 0.3) is 0 Å². The average molecular weight is 253 g/mol. The molecule has 1 aromatic rings. The first-order chi connectivity index (χ1) is 8.62. The molecule has 0 aliphatic heterocycles. The quantitative estimate of drug-likeness (QED) is 0.695. The van der Waals surface area contributed by atoms with E-state index in [4.69, 9.17) is 5.73 Å². The number of carbonyl (C=O) groups excluding carboxylic acids is 1. The van der Waals surface area contributed by atoms with Crippen LogP contribution < -0.4 is 11.1 Å². The SMILES string of the molecule is CCCNC(Cn1nc(CC)nc1CC)C(N)=O. The summed E-state index contributed by atoms with van der Waals surface area (Å²) in [6, 6.07) is -0.387. The molecule has 1 atom stereocenters. The second-order valence-electron chi connectivity index (χ2n) is 4.24. The Kier molecular flexibility index (Phi) is 5.77. The molecule has 1 unspecified atom stereocenters. The number of rotatable bonds is 8. The van der Waals surface area contributed by atoms with Crippen LogP contribution >= 0.6 is 0 Å². The zero-order chi connectivity index (χ0) is 13.5. The first kappa shape index (κ1) is 14.6. The second kappa shape index (κ2) is 7.10. The van der Waals surface area contributed by atoms with Gasteiger partial charge in [-0.05, 0) is 13.0 Å². The van der Waals surface area contributed by atoms with E-state index in [1.54, 1.807) is 4.68 Å². The molecule has 6 heteroatoms. The summed E-state index contributed by atoms with van der Waals surface area (Å²) >= 11 is 0. The molecular formula is C12H23N5O. The molecular weight excluding hydrogens is 230 g/mol. The monoisotopic (exact) mass is 253 g/mol. The van der Waals surface area contributed by atoms with E-state index >= 15 is 0 Å². The van der Waals surface area contributed by atoms with Gasteiger partial charge in [0, 0.05) is 12.8 Å². The number of aromatic nitrogens is 3. The van der Waals surface area contributed by atoms with Crippen molar-refractivity contribution in [1.29, 1.82) is 0 Å². The van der Waals surface area contributed by atoms with Crippen molar-refractivity contribution >= 4 is 5.91 Å². The van der Waals surface area contributed by atoms with E-state index in [0.717, 1.165) is 37.5 Å². The van der Waals surface area contributed by atoms with Crippen molar-refractivity contribution in [3.8, 4) is 0 Å². The summed E-state index contributed by atoms with van der Waals surface area (Å²) < 4.78 is 1.79. The number of hydrogen-bond donors (Lipinski definition) is 2. The van der Waals surface area contributed by atoms with Gasteiger partial charge in [-0.1, -0.05) is 20.8 Å². The van der Waals surface area contributed by atoms with Crippen molar-refractivity contribution in [2.75, 3.05) is 6.54 Å². The Bertz CT molecular complexity index is 388. The Hall–Kier alpha value is -1.43. The molecule has 0 bridgehead atoms. The number of aryl methyl sites for hydroxylation is 2. The molecule has 0 aromatic carbocycles. The number of hydrogen-bond acceptors (Lipinski definition) is 4. The summed E-state index contributed by atoms with van der Waals surface area (Å²) in [6.07, 6.45) is 2.55. The average Bonchev–Trinajstić information content (AvgIpc) is 2.76. The number of primary amides is 1. The lowest BCUT2D eigenvalue weighted by Gasteiger charge is -2.15. The minimum absolute atomic E-state index is 0.348. The molecule has 1 rings (SSSR count). The van der Waals surface area contributed by atoms with Gasteiger partial charge in [-0.2, -0.15) is 5.10 Å². The summed E-state index contributed by atoms with van der Waals surface area (Å²) in [5, 5.41) is 7.52. The van der Waals surface area contributed by atoms with Crippen LogP contribution in [-0.2, 0) is 24.2 Å². The maximum Gasteiger partial charge on any atom is 0.236 e. The summed E-state index contributed by atoms with van der Waals surface area (Å²) in [7, 11) is 0. The Morgan fingerprint density at radius 3 is 2.61 bits per heavy atom. The van der Waals surface area contributed by atoms with Gasteiger partial charge in [-0.3, -0.25) is 4.79 Å². The van der Waals surface area contributed by atoms with Gasteiger partial charge >= 0.3 is 0 Å². The first-order valence-corrected chi connectivity index (χ1v) is 6.57. The third-order valence-electron chi connectivity index (χ3n) is 2.76. The third kappa shape index (κ3) is 3.80. The fourth-order valence-electron chi connectivity index (χ4n) is 1.73. The Balaban J connectivity index is 2.78. The Morgan fingerprint density at radius 2 is 2.11 bits per heavy atom. The highest BCUT2D eigenvalue weighted by atomic mass is 16.1. The standard InChI is InChI=1S/C12H23N5O/c1-4-7-14-9(12(13)18)8-17-11(6-3)15-10(5-2)16-17/h9,14H,4-8H2,1-3H3,(H2,13,18). The fraction of sp³-hybridized carbons (Fsp3) is 0.750. The number of nitrogens with one attached hydrogen (secondary N) is 1. The number of amides is 1. The highest BCUT2D eigenvalue weighted by Crippen LogP contribution is 2.02. The zero-order valence-electron chi connectivity index (χ0n) is 11.4. The minimum atomic E-state index is -0.387. The van der Waals surface area contributed by atoms with Gasteiger partial charge in [-0.25, -0.2) is 9.67 Å². The number of nitrogens with two attached hydrogens (primary N) is 1. The van der Waals surface area contributed by atoms with Crippen LogP contribution in [0.5, 0.6) is 0 Å². The van der Waals surface area contributed by atoms with E-state index in [9.17, 15) is 4.79 Å². The molecule has 0 saturated heterocycles. The molecule has 1 heterocycles. The molecule has 0 spiro atoms. The van der Waals surface area contributed by atoms with Gasteiger partial charge in [0.1, 0.15) is 11.9 Å². The molecule has 1 amide bonds. The van der Waals surface area contributed by atoms with Gasteiger partial charge in [0.05, 0.1) is 6.54 Å². The van der Waals surface area contributed by atoms with Crippen LogP contribution in [0, 0.1) is 0 Å². The van der Waals surface area contributed by atoms with Crippen molar-refractivity contribution in [1.82, 2.24) is 20.1 Å². The lowest BCUT2D eigenvalue weighted by Crippen LogP contribution is -2.45. The van der Waals surface area contributed by atoms with E-state index < -0.39 is 0 Å². The van der Waals surface area contributed by atoms with Gasteiger partial charge in [-0.15, -0.1) is 0 Å². The fourth-order valence-corrected chi connectivity index (χ4v) is 1.73. The van der Waals surface area contributed by atoms with Crippen molar-refractivity contribution in [3.05, 3.63) is 11.6 Å². The van der Waals surface area contributed by atoms with E-state index in [2.05, 4.69) is 15.4 Å². The van der Waals surface area contributed by atoms with Crippen LogP contribution in [0.4, 0.5) is 0 Å². The maximum atomic E-state index is 11.4. The molecule has 3 N–H and O–H groups in total. The lowest BCUT2D eigenvalue weighted by atomic mass is 10.2. The van der Waals surface area contributed by atoms with Crippen molar-refractivity contribution < 1.29 is 4.79 Å². The molecule has 0 aliphatic carbocycles. The van der Waals surface area contributed by atoms with Gasteiger partial charge in [0.25, 0.3) is 0 Å². The Labute approximate surface area is 108 Å². The largest absolute Gasteiger partial charge is 0.368 e. The first-order valence-electron chi connectivity index (χ1n) is 6.57. The van der Waals surface area contributed by atoms with Crippen molar-refractivity contribution in [2.45, 2.75) is 52.6 Å². The highest BCUT2D eigenvalue weighted by molar-refractivity contribution is 5.79. The molecule has 0 saturated carbocycles. The predicted octanol–water partition coefficient (Wildman–Crippen LogP) is 0.256. The molecule has 0 aliphatic rings. The van der Waals surface area contributed by atoms with Gasteiger partial charge in [0.15, 0.2) is 5.82 Å².